The van der Waals surface area contributed by atoms with Crippen LogP contribution < -0.4 is 0 Å². The second kappa shape index (κ2) is 5.74. The van der Waals surface area contributed by atoms with Crippen LogP contribution in [0.2, 0.25) is 0 Å². The topological polar surface area (TPSA) is 69.9 Å². The summed E-state index contributed by atoms with van der Waals surface area (Å²) in [5, 5.41) is 9.98. The summed E-state index contributed by atoms with van der Waals surface area (Å²) < 4.78 is 0. The molecule has 116 valence electrons. The van der Waals surface area contributed by atoms with E-state index in [-0.39, 0.29) is 5.91 Å². The number of benzene rings is 1. The van der Waals surface area contributed by atoms with Crippen molar-refractivity contribution >= 4 is 16.9 Å². The maximum absolute atomic E-state index is 12.7. The number of hydrogen-bond acceptors (Lipinski definition) is 4. The molecular formula is C19H14N4O. The van der Waals surface area contributed by atoms with Crippen molar-refractivity contribution in [3.63, 3.8) is 0 Å². The second-order valence-corrected chi connectivity index (χ2v) is 5.81. The molecule has 5 nitrogen and oxygen atoms in total. The Morgan fingerprint density at radius 2 is 2.12 bits per heavy atom. The van der Waals surface area contributed by atoms with E-state index in [0.717, 1.165) is 22.3 Å². The lowest BCUT2D eigenvalue weighted by Crippen LogP contribution is -2.36. The summed E-state index contributed by atoms with van der Waals surface area (Å²) in [5.41, 5.74) is 3.87. The van der Waals surface area contributed by atoms with Crippen LogP contribution in [0.3, 0.4) is 0 Å². The summed E-state index contributed by atoms with van der Waals surface area (Å²) in [6.45, 7) is 1.15. The first-order valence-electron chi connectivity index (χ1n) is 7.77. The van der Waals surface area contributed by atoms with Crippen LogP contribution in [0.4, 0.5) is 0 Å². The van der Waals surface area contributed by atoms with E-state index in [2.05, 4.69) is 22.1 Å². The summed E-state index contributed by atoms with van der Waals surface area (Å²) in [4.78, 5) is 23.4. The zero-order valence-electron chi connectivity index (χ0n) is 12.9. The van der Waals surface area contributed by atoms with Gasteiger partial charge in [0.2, 0.25) is 0 Å². The first-order valence-corrected chi connectivity index (χ1v) is 7.77. The average molecular weight is 314 g/mol. The molecule has 0 saturated heterocycles. The fraction of sp³-hybridized carbons (Fsp3) is 0.158. The molecule has 0 atom stereocenters. The largest absolute Gasteiger partial charge is 0.334 e. The minimum Gasteiger partial charge on any atom is -0.334 e. The molecule has 1 aliphatic heterocycles. The van der Waals surface area contributed by atoms with E-state index in [1.54, 1.807) is 30.5 Å². The van der Waals surface area contributed by atoms with E-state index in [9.17, 15) is 4.79 Å². The molecule has 0 spiro atoms. The standard InChI is InChI=1S/C19H14N4O/c20-11-13-3-1-4-15(9-13)19(24)23-8-6-17-16(12-23)10-14-5-2-7-21-18(14)22-17/h1-5,7,9-10H,6,8,12H2. The van der Waals surface area contributed by atoms with Crippen LogP contribution in [0.5, 0.6) is 0 Å². The van der Waals surface area contributed by atoms with Crippen molar-refractivity contribution < 1.29 is 4.79 Å². The molecule has 1 aliphatic rings. The number of nitrogens with zero attached hydrogens (tertiary/aromatic N) is 4. The average Bonchev–Trinajstić information content (AvgIpc) is 2.65. The summed E-state index contributed by atoms with van der Waals surface area (Å²) in [6, 6.07) is 14.8. The van der Waals surface area contributed by atoms with Crippen molar-refractivity contribution in [2.75, 3.05) is 6.54 Å². The molecule has 24 heavy (non-hydrogen) atoms. The predicted octanol–water partition coefficient (Wildman–Crippen LogP) is 2.70. The van der Waals surface area contributed by atoms with E-state index < -0.39 is 0 Å². The van der Waals surface area contributed by atoms with Crippen LogP contribution in [-0.4, -0.2) is 27.3 Å². The molecule has 1 aromatic carbocycles. The van der Waals surface area contributed by atoms with Gasteiger partial charge in [-0.15, -0.1) is 0 Å². The highest BCUT2D eigenvalue weighted by atomic mass is 16.2. The Morgan fingerprint density at radius 1 is 1.21 bits per heavy atom. The first kappa shape index (κ1) is 14.3. The minimum atomic E-state index is -0.0518. The maximum Gasteiger partial charge on any atom is 0.254 e. The number of rotatable bonds is 1. The Bertz CT molecular complexity index is 990. The third kappa shape index (κ3) is 2.48. The monoisotopic (exact) mass is 314 g/mol. The van der Waals surface area contributed by atoms with E-state index in [1.807, 2.05) is 17.0 Å². The molecule has 0 radical (unpaired) electrons. The highest BCUT2D eigenvalue weighted by molar-refractivity contribution is 5.94. The van der Waals surface area contributed by atoms with Gasteiger partial charge in [-0.2, -0.15) is 5.26 Å². The normalized spacial score (nSPS) is 13.4. The molecule has 0 bridgehead atoms. The van der Waals surface area contributed by atoms with Gasteiger partial charge in [0, 0.05) is 42.4 Å². The fourth-order valence-corrected chi connectivity index (χ4v) is 3.04. The van der Waals surface area contributed by atoms with Gasteiger partial charge in [-0.3, -0.25) is 4.79 Å². The van der Waals surface area contributed by atoms with Crippen LogP contribution in [0.25, 0.3) is 11.0 Å². The third-order valence-electron chi connectivity index (χ3n) is 4.26. The summed E-state index contributed by atoms with van der Waals surface area (Å²) in [6.07, 6.45) is 2.45. The minimum absolute atomic E-state index is 0.0518. The van der Waals surface area contributed by atoms with Crippen LogP contribution in [0.15, 0.2) is 48.7 Å². The number of amides is 1. The Morgan fingerprint density at radius 3 is 3.00 bits per heavy atom. The number of hydrogen-bond donors (Lipinski definition) is 0. The molecule has 3 aromatic rings. The fourth-order valence-electron chi connectivity index (χ4n) is 3.04. The quantitative estimate of drug-likeness (QED) is 0.692. The smallest absolute Gasteiger partial charge is 0.254 e. The zero-order valence-corrected chi connectivity index (χ0v) is 12.9. The van der Waals surface area contributed by atoms with E-state index >= 15 is 0 Å². The van der Waals surface area contributed by atoms with Gasteiger partial charge in [0.15, 0.2) is 5.65 Å². The number of carbonyl (C=O) groups is 1. The predicted molar refractivity (Wildman–Crippen MR) is 89.1 cm³/mol. The van der Waals surface area contributed by atoms with Crippen molar-refractivity contribution in [3.05, 3.63) is 71.0 Å². The highest BCUT2D eigenvalue weighted by Crippen LogP contribution is 2.22. The summed E-state index contributed by atoms with van der Waals surface area (Å²) >= 11 is 0. The van der Waals surface area contributed by atoms with E-state index in [4.69, 9.17) is 5.26 Å². The number of aromatic nitrogens is 2. The highest BCUT2D eigenvalue weighted by Gasteiger charge is 2.23. The molecule has 2 aromatic heterocycles. The Kier molecular flexibility index (Phi) is 3.43. The maximum atomic E-state index is 12.7. The molecule has 0 aliphatic carbocycles. The SMILES string of the molecule is N#Cc1cccc(C(=O)N2CCc3nc4ncccc4cc3C2)c1. The van der Waals surface area contributed by atoms with Crippen molar-refractivity contribution in [1.82, 2.24) is 14.9 Å². The van der Waals surface area contributed by atoms with Crippen molar-refractivity contribution in [1.29, 1.82) is 5.26 Å². The van der Waals surface area contributed by atoms with Gasteiger partial charge < -0.3 is 4.90 Å². The van der Waals surface area contributed by atoms with Gasteiger partial charge in [0.05, 0.1) is 11.6 Å². The van der Waals surface area contributed by atoms with Gasteiger partial charge in [0.25, 0.3) is 5.91 Å². The van der Waals surface area contributed by atoms with Gasteiger partial charge in [-0.1, -0.05) is 6.07 Å². The first-order chi connectivity index (χ1) is 11.7. The Hall–Kier alpha value is -3.26. The van der Waals surface area contributed by atoms with Crippen LogP contribution in [-0.2, 0) is 13.0 Å². The molecule has 0 fully saturated rings. The number of fused-ring (bicyclic) bond motifs is 2. The zero-order chi connectivity index (χ0) is 16.5. The van der Waals surface area contributed by atoms with Crippen LogP contribution in [0.1, 0.15) is 27.2 Å². The number of pyridine rings is 2. The Balaban J connectivity index is 1.65. The lowest BCUT2D eigenvalue weighted by molar-refractivity contribution is 0.0733. The molecule has 3 heterocycles. The molecule has 4 rings (SSSR count). The van der Waals surface area contributed by atoms with Crippen molar-refractivity contribution in [3.8, 4) is 6.07 Å². The van der Waals surface area contributed by atoms with Gasteiger partial charge in [-0.05, 0) is 42.0 Å². The van der Waals surface area contributed by atoms with Gasteiger partial charge in [-0.25, -0.2) is 9.97 Å². The second-order valence-electron chi connectivity index (χ2n) is 5.81. The van der Waals surface area contributed by atoms with Crippen molar-refractivity contribution in [2.45, 2.75) is 13.0 Å². The molecule has 0 unspecified atom stereocenters. The van der Waals surface area contributed by atoms with Crippen LogP contribution >= 0.6 is 0 Å². The molecule has 1 amide bonds. The molecule has 0 saturated carbocycles. The molecular weight excluding hydrogens is 300 g/mol. The summed E-state index contributed by atoms with van der Waals surface area (Å²) in [7, 11) is 0. The van der Waals surface area contributed by atoms with E-state index in [1.165, 1.54) is 0 Å². The van der Waals surface area contributed by atoms with Crippen molar-refractivity contribution in [2.24, 2.45) is 0 Å². The van der Waals surface area contributed by atoms with E-state index in [0.29, 0.717) is 30.6 Å². The van der Waals surface area contributed by atoms with Gasteiger partial charge in [0.1, 0.15) is 0 Å². The summed E-state index contributed by atoms with van der Waals surface area (Å²) in [5.74, 6) is -0.0518. The van der Waals surface area contributed by atoms with Crippen LogP contribution in [0, 0.1) is 11.3 Å². The third-order valence-corrected chi connectivity index (χ3v) is 4.26. The van der Waals surface area contributed by atoms with Gasteiger partial charge >= 0.3 is 0 Å². The lowest BCUT2D eigenvalue weighted by atomic mass is 10.0. The number of nitriles is 1. The Labute approximate surface area is 139 Å². The molecule has 5 heteroatoms. The molecule has 0 N–H and O–H groups in total. The lowest BCUT2D eigenvalue weighted by Gasteiger charge is -2.28. The number of carbonyl (C=O) groups excluding carboxylic acids is 1.